The fraction of sp³-hybridized carbons (Fsp3) is 0.417. The van der Waals surface area contributed by atoms with Crippen molar-refractivity contribution < 1.29 is 0 Å². The lowest BCUT2D eigenvalue weighted by Crippen LogP contribution is -2.53. The van der Waals surface area contributed by atoms with Gasteiger partial charge in [0.1, 0.15) is 0 Å². The summed E-state index contributed by atoms with van der Waals surface area (Å²) >= 11 is 0. The third kappa shape index (κ3) is 2.32. The van der Waals surface area contributed by atoms with E-state index in [0.29, 0.717) is 18.2 Å². The lowest BCUT2D eigenvalue weighted by Gasteiger charge is -2.34. The molecule has 4 heteroatoms. The van der Waals surface area contributed by atoms with E-state index in [1.165, 1.54) is 0 Å². The predicted octanol–water partition coefficient (Wildman–Crippen LogP) is 0.295. The van der Waals surface area contributed by atoms with Gasteiger partial charge < -0.3 is 16.0 Å². The first-order chi connectivity index (χ1) is 7.83. The lowest BCUT2D eigenvalue weighted by atomic mass is 10.1. The third-order valence-corrected chi connectivity index (χ3v) is 2.88. The van der Waals surface area contributed by atoms with E-state index in [1.54, 1.807) is 0 Å². The van der Waals surface area contributed by atoms with Crippen molar-refractivity contribution in [2.24, 2.45) is 5.73 Å². The maximum absolute atomic E-state index is 8.86. The molecule has 84 valence electrons. The lowest BCUT2D eigenvalue weighted by molar-refractivity contribution is 0.463. The third-order valence-electron chi connectivity index (χ3n) is 2.88. The smallest absolute Gasteiger partial charge is 0.0992 e. The number of rotatable bonds is 2. The number of anilines is 1. The SMILES string of the molecule is N#Cc1cccc(N2CCNC(CN)C2)c1. The maximum Gasteiger partial charge on any atom is 0.0992 e. The second-order valence-corrected chi connectivity index (χ2v) is 3.99. The summed E-state index contributed by atoms with van der Waals surface area (Å²) in [6.07, 6.45) is 0. The van der Waals surface area contributed by atoms with Crippen LogP contribution in [0.4, 0.5) is 5.69 Å². The van der Waals surface area contributed by atoms with Crippen molar-refractivity contribution in [2.45, 2.75) is 6.04 Å². The number of piperazine rings is 1. The van der Waals surface area contributed by atoms with Crippen molar-refractivity contribution in [3.05, 3.63) is 29.8 Å². The Morgan fingerprint density at radius 1 is 1.56 bits per heavy atom. The van der Waals surface area contributed by atoms with Crippen molar-refractivity contribution in [1.82, 2.24) is 5.32 Å². The Morgan fingerprint density at radius 2 is 2.44 bits per heavy atom. The van der Waals surface area contributed by atoms with Crippen molar-refractivity contribution in [3.8, 4) is 6.07 Å². The Kier molecular flexibility index (Phi) is 3.40. The van der Waals surface area contributed by atoms with Crippen LogP contribution in [0.1, 0.15) is 5.56 Å². The monoisotopic (exact) mass is 216 g/mol. The molecule has 0 bridgehead atoms. The van der Waals surface area contributed by atoms with Gasteiger partial charge in [0.05, 0.1) is 11.6 Å². The summed E-state index contributed by atoms with van der Waals surface area (Å²) in [4.78, 5) is 2.27. The van der Waals surface area contributed by atoms with Crippen LogP contribution in [0.2, 0.25) is 0 Å². The molecule has 0 aliphatic carbocycles. The van der Waals surface area contributed by atoms with Crippen molar-refractivity contribution in [2.75, 3.05) is 31.1 Å². The topological polar surface area (TPSA) is 65.1 Å². The average Bonchev–Trinajstić information content (AvgIpc) is 2.39. The first kappa shape index (κ1) is 10.9. The molecule has 1 aliphatic heterocycles. The van der Waals surface area contributed by atoms with Gasteiger partial charge in [0, 0.05) is 37.9 Å². The summed E-state index contributed by atoms with van der Waals surface area (Å²) in [5.41, 5.74) is 7.48. The molecule has 0 saturated carbocycles. The van der Waals surface area contributed by atoms with Crippen LogP contribution >= 0.6 is 0 Å². The summed E-state index contributed by atoms with van der Waals surface area (Å²) in [6.45, 7) is 3.46. The molecule has 0 radical (unpaired) electrons. The quantitative estimate of drug-likeness (QED) is 0.746. The van der Waals surface area contributed by atoms with Crippen molar-refractivity contribution >= 4 is 5.69 Å². The van der Waals surface area contributed by atoms with Gasteiger partial charge in [-0.1, -0.05) is 6.07 Å². The van der Waals surface area contributed by atoms with Crippen LogP contribution in [-0.4, -0.2) is 32.2 Å². The summed E-state index contributed by atoms with van der Waals surface area (Å²) in [6, 6.07) is 10.2. The molecule has 1 fully saturated rings. The van der Waals surface area contributed by atoms with Gasteiger partial charge in [0.15, 0.2) is 0 Å². The number of benzene rings is 1. The standard InChI is InChI=1S/C12H16N4/c13-7-10-2-1-3-12(6-10)16-5-4-15-11(8-14)9-16/h1-3,6,11,15H,4-5,8-9,14H2. The summed E-state index contributed by atoms with van der Waals surface area (Å²) < 4.78 is 0. The minimum atomic E-state index is 0.347. The summed E-state index contributed by atoms with van der Waals surface area (Å²) in [7, 11) is 0. The van der Waals surface area contributed by atoms with Crippen LogP contribution in [0.3, 0.4) is 0 Å². The molecular formula is C12H16N4. The first-order valence-electron chi connectivity index (χ1n) is 5.52. The second kappa shape index (κ2) is 4.97. The zero-order chi connectivity index (χ0) is 11.4. The Bertz CT molecular complexity index is 396. The predicted molar refractivity (Wildman–Crippen MR) is 64.2 cm³/mol. The molecule has 1 saturated heterocycles. The molecule has 0 aromatic heterocycles. The molecule has 1 atom stereocenters. The Hall–Kier alpha value is -1.57. The molecule has 1 aromatic carbocycles. The largest absolute Gasteiger partial charge is 0.369 e. The van der Waals surface area contributed by atoms with Gasteiger partial charge in [-0.05, 0) is 18.2 Å². The van der Waals surface area contributed by atoms with Gasteiger partial charge in [-0.2, -0.15) is 5.26 Å². The molecule has 1 heterocycles. The average molecular weight is 216 g/mol. The van der Waals surface area contributed by atoms with Gasteiger partial charge in [-0.25, -0.2) is 0 Å². The zero-order valence-electron chi connectivity index (χ0n) is 9.19. The Balaban J connectivity index is 2.14. The summed E-state index contributed by atoms with van der Waals surface area (Å²) in [5, 5.41) is 12.2. The summed E-state index contributed by atoms with van der Waals surface area (Å²) in [5.74, 6) is 0. The molecule has 1 aliphatic rings. The van der Waals surface area contributed by atoms with Crippen LogP contribution in [0.5, 0.6) is 0 Å². The van der Waals surface area contributed by atoms with E-state index in [4.69, 9.17) is 11.0 Å². The van der Waals surface area contributed by atoms with Gasteiger partial charge in [-0.15, -0.1) is 0 Å². The molecule has 0 spiro atoms. The molecule has 0 amide bonds. The minimum Gasteiger partial charge on any atom is -0.369 e. The number of nitrogens with zero attached hydrogens (tertiary/aromatic N) is 2. The Labute approximate surface area is 95.7 Å². The highest BCUT2D eigenvalue weighted by Crippen LogP contribution is 2.17. The zero-order valence-corrected chi connectivity index (χ0v) is 9.19. The number of nitrogens with one attached hydrogen (secondary N) is 1. The molecule has 4 nitrogen and oxygen atoms in total. The molecular weight excluding hydrogens is 200 g/mol. The van der Waals surface area contributed by atoms with Crippen LogP contribution in [0.15, 0.2) is 24.3 Å². The van der Waals surface area contributed by atoms with E-state index in [-0.39, 0.29) is 0 Å². The van der Waals surface area contributed by atoms with E-state index in [9.17, 15) is 0 Å². The normalized spacial score (nSPS) is 20.5. The second-order valence-electron chi connectivity index (χ2n) is 3.99. The number of hydrogen-bond donors (Lipinski definition) is 2. The molecule has 2 rings (SSSR count). The van der Waals surface area contributed by atoms with Crippen molar-refractivity contribution in [1.29, 1.82) is 5.26 Å². The van der Waals surface area contributed by atoms with Crippen LogP contribution in [0, 0.1) is 11.3 Å². The first-order valence-corrected chi connectivity index (χ1v) is 5.52. The fourth-order valence-electron chi connectivity index (χ4n) is 1.99. The Morgan fingerprint density at radius 3 is 3.19 bits per heavy atom. The fourth-order valence-corrected chi connectivity index (χ4v) is 1.99. The molecule has 1 aromatic rings. The minimum absolute atomic E-state index is 0.347. The van der Waals surface area contributed by atoms with Gasteiger partial charge in [-0.3, -0.25) is 0 Å². The highest BCUT2D eigenvalue weighted by Gasteiger charge is 2.18. The van der Waals surface area contributed by atoms with Crippen molar-refractivity contribution in [3.63, 3.8) is 0 Å². The van der Waals surface area contributed by atoms with Crippen LogP contribution in [-0.2, 0) is 0 Å². The van der Waals surface area contributed by atoms with Gasteiger partial charge in [0.25, 0.3) is 0 Å². The van der Waals surface area contributed by atoms with E-state index in [0.717, 1.165) is 25.3 Å². The molecule has 1 unspecified atom stereocenters. The maximum atomic E-state index is 8.86. The van der Waals surface area contributed by atoms with Crippen LogP contribution in [0.25, 0.3) is 0 Å². The molecule has 3 N–H and O–H groups in total. The van der Waals surface area contributed by atoms with E-state index >= 15 is 0 Å². The number of nitrogens with two attached hydrogens (primary N) is 1. The van der Waals surface area contributed by atoms with E-state index in [1.807, 2.05) is 24.3 Å². The van der Waals surface area contributed by atoms with E-state index < -0.39 is 0 Å². The van der Waals surface area contributed by atoms with E-state index in [2.05, 4.69) is 16.3 Å². The molecule has 16 heavy (non-hydrogen) atoms. The highest BCUT2D eigenvalue weighted by atomic mass is 15.2. The van der Waals surface area contributed by atoms with Gasteiger partial charge in [0.2, 0.25) is 0 Å². The van der Waals surface area contributed by atoms with Crippen LogP contribution < -0.4 is 16.0 Å². The number of hydrogen-bond acceptors (Lipinski definition) is 4. The number of nitriles is 1. The van der Waals surface area contributed by atoms with Gasteiger partial charge >= 0.3 is 0 Å². The highest BCUT2D eigenvalue weighted by molar-refractivity contribution is 5.52.